The molecule has 0 aliphatic rings. The quantitative estimate of drug-likeness (QED) is 0.105. The molecule has 22 aromatic rings. The van der Waals surface area contributed by atoms with E-state index in [9.17, 15) is 0 Å². The predicted molar refractivity (Wildman–Crippen MR) is 667 cm³/mol. The Morgan fingerprint density at radius 3 is 0.752 bits per heavy atom. The Hall–Kier alpha value is -15.2. The van der Waals surface area contributed by atoms with E-state index in [1.807, 2.05) is 0 Å². The summed E-state index contributed by atoms with van der Waals surface area (Å²) in [4.78, 5) is 0. The molecule has 0 aromatic heterocycles. The van der Waals surface area contributed by atoms with Crippen LogP contribution < -0.4 is 10.4 Å². The summed E-state index contributed by atoms with van der Waals surface area (Å²) in [6, 6.07) is 172. The highest BCUT2D eigenvalue weighted by Gasteiger charge is 2.19. The summed E-state index contributed by atoms with van der Waals surface area (Å²) >= 11 is 0. The fourth-order valence-corrected chi connectivity index (χ4v) is 20.6. The molecular formula is C147H154Si2. The van der Waals surface area contributed by atoms with E-state index in [0.717, 1.165) is 0 Å². The molecule has 0 amide bonds. The van der Waals surface area contributed by atoms with Crippen molar-refractivity contribution in [1.82, 2.24) is 0 Å². The van der Waals surface area contributed by atoms with Crippen LogP contribution in [-0.4, -0.2) is 16.1 Å². The van der Waals surface area contributed by atoms with E-state index < -0.39 is 16.1 Å². The summed E-state index contributed by atoms with van der Waals surface area (Å²) in [6.45, 7) is 55.3. The first-order valence-corrected chi connectivity index (χ1v) is 59.9. The van der Waals surface area contributed by atoms with Crippen molar-refractivity contribution in [3.63, 3.8) is 0 Å². The van der Waals surface area contributed by atoms with Crippen LogP contribution in [0.2, 0.25) is 39.3 Å². The summed E-state index contributed by atoms with van der Waals surface area (Å²) in [5, 5.41) is 18.8. The molecule has 0 radical (unpaired) electrons. The molecule has 0 aliphatic heterocycles. The van der Waals surface area contributed by atoms with E-state index >= 15 is 0 Å². The Labute approximate surface area is 895 Å². The highest BCUT2D eigenvalue weighted by molar-refractivity contribution is 6.89. The van der Waals surface area contributed by atoms with Gasteiger partial charge in [-0.05, 0) is 262 Å². The summed E-state index contributed by atoms with van der Waals surface area (Å²) in [6.07, 6.45) is 0. The van der Waals surface area contributed by atoms with Crippen molar-refractivity contribution in [3.05, 3.63) is 563 Å². The molecule has 750 valence electrons. The number of hydrogen-bond donors (Lipinski definition) is 0. The first-order valence-electron chi connectivity index (χ1n) is 52.9. The van der Waals surface area contributed by atoms with E-state index in [1.165, 1.54) is 220 Å². The van der Waals surface area contributed by atoms with E-state index in [1.54, 1.807) is 5.19 Å². The van der Waals surface area contributed by atoms with E-state index in [0.29, 0.717) is 0 Å². The molecule has 0 heterocycles. The third-order valence-corrected chi connectivity index (χ3v) is 31.3. The fraction of sp³-hybridized carbons (Fsp3) is 0.184. The van der Waals surface area contributed by atoms with Crippen molar-refractivity contribution in [2.75, 3.05) is 0 Å². The zero-order valence-electron chi connectivity index (χ0n) is 93.1. The van der Waals surface area contributed by atoms with Gasteiger partial charge in [-0.3, -0.25) is 0 Å². The molecule has 0 aliphatic carbocycles. The van der Waals surface area contributed by atoms with Gasteiger partial charge in [-0.25, -0.2) is 0 Å². The topological polar surface area (TPSA) is 0 Å². The van der Waals surface area contributed by atoms with Crippen molar-refractivity contribution in [1.29, 1.82) is 0 Å². The second-order valence-electron chi connectivity index (χ2n) is 44.4. The Bertz CT molecular complexity index is 7800. The minimum absolute atomic E-state index is 0.228. The van der Waals surface area contributed by atoms with Gasteiger partial charge < -0.3 is 0 Å². The highest BCUT2D eigenvalue weighted by atomic mass is 28.3. The van der Waals surface area contributed by atoms with Gasteiger partial charge in [-0.2, -0.15) is 0 Å². The lowest BCUT2D eigenvalue weighted by molar-refractivity contribution is 0.590. The van der Waals surface area contributed by atoms with Gasteiger partial charge in [0.2, 0.25) is 0 Å². The molecule has 0 saturated heterocycles. The summed E-state index contributed by atoms with van der Waals surface area (Å²) < 4.78 is 0. The maximum atomic E-state index is 2.38. The van der Waals surface area contributed by atoms with Gasteiger partial charge in [0.1, 0.15) is 0 Å². The molecule has 149 heavy (non-hydrogen) atoms. The van der Waals surface area contributed by atoms with Crippen LogP contribution in [0.1, 0.15) is 125 Å². The molecular weight excluding hydrogens is 1820 g/mol. The standard InChI is InChI=1S/2C21H16.2C17H14.C17H20.C16H20Si.C11H16.C10H16Si.C9H12.C8H10/c1-15-7-6-9-16(13-15)21-14-17-8-2-3-10-18(17)19-11-4-5-12-20(19)21;1-15-10-12-16(13-11-15)21-14-17-6-2-3-7-18(17)19-8-4-5-9-20(19)21;1-13-9-11-15(12-10-13)17-8-4-6-14-5-2-3-7-16(14)17;1-13-6-8-15(9-7-13)17-11-10-14-4-2-3-5-16(14)12-17;2*1-13-5-7-14(8-6-13)15-9-11-16(12-10-15)17(2,3)4;2*1-9-5-7-10(8-6-9)11(2,3)4;1-7-4-8(2)6-9(3)5-7;1-7-3-5-8(2)6-4-7/h2*2-14H,1H3;2*2-12H,1H3;2*5-12H,1-4H3;2*5-8H,1-4H3;4-6H,1-3H3;3-6H,1-2H3. The van der Waals surface area contributed by atoms with Gasteiger partial charge >= 0.3 is 0 Å². The lowest BCUT2D eigenvalue weighted by Crippen LogP contribution is -2.37. The number of hydrogen-bond acceptors (Lipinski definition) is 0. The fourth-order valence-electron chi connectivity index (χ4n) is 18.2. The third-order valence-electron chi connectivity index (χ3n) is 27.2. The average molecular weight is 1980 g/mol. The Morgan fingerprint density at radius 2 is 0.383 bits per heavy atom. The second kappa shape index (κ2) is 51.9. The van der Waals surface area contributed by atoms with E-state index in [-0.39, 0.29) is 10.8 Å². The summed E-state index contributed by atoms with van der Waals surface area (Å²) in [5.41, 5.74) is 36.1. The number of fused-ring (bicyclic) bond motifs is 8. The van der Waals surface area contributed by atoms with Crippen LogP contribution in [0.4, 0.5) is 0 Å². The van der Waals surface area contributed by atoms with Crippen molar-refractivity contribution in [2.45, 2.75) is 182 Å². The number of aryl methyl sites for hydroxylation is 13. The van der Waals surface area contributed by atoms with Gasteiger partial charge in [0.05, 0.1) is 16.1 Å². The summed E-state index contributed by atoms with van der Waals surface area (Å²) in [7, 11) is -2.22. The maximum absolute atomic E-state index is 2.38. The zero-order valence-corrected chi connectivity index (χ0v) is 95.1. The van der Waals surface area contributed by atoms with Crippen LogP contribution in [0.5, 0.6) is 0 Å². The average Bonchev–Trinajstić information content (AvgIpc) is 0.774. The van der Waals surface area contributed by atoms with Gasteiger partial charge in [0.15, 0.2) is 0 Å². The summed E-state index contributed by atoms with van der Waals surface area (Å²) in [5.74, 6) is 0. The highest BCUT2D eigenvalue weighted by Crippen LogP contribution is 2.39. The Morgan fingerprint density at radius 1 is 0.134 bits per heavy atom. The number of benzene rings is 22. The second-order valence-corrected chi connectivity index (χ2v) is 54.5. The largest absolute Gasteiger partial charge is 0.0775 e. The normalized spacial score (nSPS) is 11.0. The lowest BCUT2D eigenvalue weighted by atomic mass is 9.86. The molecule has 22 rings (SSSR count). The molecule has 0 nitrogen and oxygen atoms in total. The van der Waals surface area contributed by atoms with Gasteiger partial charge in [0, 0.05) is 0 Å². The molecule has 0 fully saturated rings. The molecule has 2 heteroatoms. The molecule has 0 bridgehead atoms. The van der Waals surface area contributed by atoms with Crippen molar-refractivity contribution >= 4 is 91.2 Å². The van der Waals surface area contributed by atoms with Crippen molar-refractivity contribution < 1.29 is 0 Å². The van der Waals surface area contributed by atoms with E-state index in [2.05, 4.69) is 650 Å². The minimum Gasteiger partial charge on any atom is -0.0656 e. The minimum atomic E-state index is -1.17. The zero-order chi connectivity index (χ0) is 107. The van der Waals surface area contributed by atoms with Crippen LogP contribution >= 0.6 is 0 Å². The monoisotopic (exact) mass is 1980 g/mol. The van der Waals surface area contributed by atoms with E-state index in [4.69, 9.17) is 0 Å². The Balaban J connectivity index is 0.000000140. The maximum Gasteiger partial charge on any atom is 0.0775 e. The molecule has 0 N–H and O–H groups in total. The van der Waals surface area contributed by atoms with Crippen molar-refractivity contribution in [2.24, 2.45) is 0 Å². The smallest absolute Gasteiger partial charge is 0.0656 e. The molecule has 0 atom stereocenters. The Kier molecular flexibility index (Phi) is 38.7. The molecule has 0 saturated carbocycles. The third kappa shape index (κ3) is 32.7. The molecule has 0 unspecified atom stereocenters. The SMILES string of the molecule is Cc1cc(C)cc(C)c1.Cc1ccc(-c2cc3ccccc3c3ccccc23)cc1.Cc1ccc(-c2ccc(C(C)(C)C)cc2)cc1.Cc1ccc(-c2ccc([Si](C)(C)C)cc2)cc1.Cc1ccc(-c2ccc3ccccc3c2)cc1.Cc1ccc(-c2cccc3ccccc23)cc1.Cc1ccc(C(C)(C)C)cc1.Cc1ccc(C)cc1.Cc1ccc([Si](C)(C)C)cc1.Cc1cccc(-c2cc3ccccc3c3ccccc23)c1. The van der Waals surface area contributed by atoms with Crippen LogP contribution in [0.3, 0.4) is 0 Å². The molecule has 22 aromatic carbocycles. The van der Waals surface area contributed by atoms with Crippen LogP contribution in [0.15, 0.2) is 479 Å². The van der Waals surface area contributed by atoms with Crippen LogP contribution in [-0.2, 0) is 10.8 Å². The molecule has 0 spiro atoms. The lowest BCUT2D eigenvalue weighted by Gasteiger charge is -2.19. The van der Waals surface area contributed by atoms with Crippen molar-refractivity contribution in [3.8, 4) is 66.8 Å². The van der Waals surface area contributed by atoms with Crippen LogP contribution in [0.25, 0.3) is 131 Å². The number of rotatable bonds is 8. The van der Waals surface area contributed by atoms with Gasteiger partial charge in [-0.1, -0.05) is 625 Å². The first kappa shape index (κ1) is 111. The first-order chi connectivity index (χ1) is 71.2. The van der Waals surface area contributed by atoms with Gasteiger partial charge in [-0.15, -0.1) is 0 Å². The van der Waals surface area contributed by atoms with Crippen LogP contribution in [0, 0.1) is 90.0 Å². The van der Waals surface area contributed by atoms with Gasteiger partial charge in [0.25, 0.3) is 0 Å². The predicted octanol–water partition coefficient (Wildman–Crippen LogP) is 41.5.